The Labute approximate surface area is 177 Å². The van der Waals surface area contributed by atoms with E-state index in [0.717, 1.165) is 4.47 Å². The maximum Gasteiger partial charge on any atom is 0.343 e. The van der Waals surface area contributed by atoms with E-state index in [1.807, 2.05) is 6.07 Å². The van der Waals surface area contributed by atoms with Gasteiger partial charge in [0.15, 0.2) is 5.75 Å². The predicted octanol–water partition coefficient (Wildman–Crippen LogP) is 4.59. The zero-order valence-corrected chi connectivity index (χ0v) is 17.5. The highest BCUT2D eigenvalue weighted by Crippen LogP contribution is 2.32. The van der Waals surface area contributed by atoms with Crippen LogP contribution in [0.3, 0.4) is 0 Å². The predicted molar refractivity (Wildman–Crippen MR) is 113 cm³/mol. The van der Waals surface area contributed by atoms with Gasteiger partial charge in [-0.2, -0.15) is 5.10 Å². The van der Waals surface area contributed by atoms with Crippen LogP contribution in [0.2, 0.25) is 0 Å². The molecule has 0 aliphatic heterocycles. The van der Waals surface area contributed by atoms with Crippen molar-refractivity contribution in [1.29, 1.82) is 0 Å². The van der Waals surface area contributed by atoms with Crippen molar-refractivity contribution in [3.63, 3.8) is 0 Å². The first-order valence-electron chi connectivity index (χ1n) is 8.04. The summed E-state index contributed by atoms with van der Waals surface area (Å²) in [5, 5.41) is 3.96. The van der Waals surface area contributed by atoms with E-state index < -0.39 is 5.97 Å². The van der Waals surface area contributed by atoms with Crippen molar-refractivity contribution in [2.75, 3.05) is 0 Å². The first kappa shape index (κ1) is 19.9. The van der Waals surface area contributed by atoms with Gasteiger partial charge in [-0.05, 0) is 52.3 Å². The lowest BCUT2D eigenvalue weighted by Crippen LogP contribution is -2.17. The molecule has 1 aromatic heterocycles. The molecule has 0 spiro atoms. The molecule has 0 atom stereocenters. The van der Waals surface area contributed by atoms with Gasteiger partial charge >= 0.3 is 5.97 Å². The van der Waals surface area contributed by atoms with Gasteiger partial charge in [0, 0.05) is 28.0 Å². The number of halogens is 2. The van der Waals surface area contributed by atoms with Crippen molar-refractivity contribution in [1.82, 2.24) is 10.4 Å². The van der Waals surface area contributed by atoms with Gasteiger partial charge in [-0.15, -0.1) is 0 Å². The maximum absolute atomic E-state index is 12.4. The molecule has 6 nitrogen and oxygen atoms in total. The van der Waals surface area contributed by atoms with Crippen molar-refractivity contribution in [3.8, 4) is 5.75 Å². The molecule has 1 N–H and O–H groups in total. The summed E-state index contributed by atoms with van der Waals surface area (Å²) < 4.78 is 6.85. The van der Waals surface area contributed by atoms with Crippen LogP contribution >= 0.6 is 31.9 Å². The molecule has 1 heterocycles. The molecule has 1 amide bonds. The average Bonchev–Trinajstić information content (AvgIpc) is 2.71. The Kier molecular flexibility index (Phi) is 6.67. The van der Waals surface area contributed by atoms with Crippen molar-refractivity contribution < 1.29 is 14.3 Å². The quantitative estimate of drug-likeness (QED) is 0.239. The van der Waals surface area contributed by atoms with Gasteiger partial charge < -0.3 is 4.74 Å². The summed E-state index contributed by atoms with van der Waals surface area (Å²) in [5.74, 6) is -0.589. The van der Waals surface area contributed by atoms with Crippen molar-refractivity contribution in [3.05, 3.63) is 92.6 Å². The molecule has 140 valence electrons. The third-order valence-corrected chi connectivity index (χ3v) is 4.60. The van der Waals surface area contributed by atoms with Crippen molar-refractivity contribution in [2.45, 2.75) is 0 Å². The smallest absolute Gasteiger partial charge is 0.343 e. The summed E-state index contributed by atoms with van der Waals surface area (Å²) in [6.07, 6.45) is 4.44. The number of nitrogens with zero attached hydrogens (tertiary/aromatic N) is 2. The van der Waals surface area contributed by atoms with E-state index in [1.165, 1.54) is 18.6 Å². The van der Waals surface area contributed by atoms with Crippen LogP contribution in [0.5, 0.6) is 5.75 Å². The maximum atomic E-state index is 12.4. The first-order valence-corrected chi connectivity index (χ1v) is 9.63. The van der Waals surface area contributed by atoms with Crippen LogP contribution in [0.1, 0.15) is 26.3 Å². The van der Waals surface area contributed by atoms with E-state index in [4.69, 9.17) is 4.74 Å². The highest BCUT2D eigenvalue weighted by Gasteiger charge is 2.15. The minimum Gasteiger partial charge on any atom is -0.421 e. The SMILES string of the molecule is O=C(NN=Cc1cc(Br)cc(Br)c1OC(=O)c1ccccc1)c1ccncc1. The number of benzene rings is 2. The van der Waals surface area contributed by atoms with Gasteiger partial charge in [-0.25, -0.2) is 10.2 Å². The number of nitrogens with one attached hydrogen (secondary N) is 1. The molecule has 0 unspecified atom stereocenters. The summed E-state index contributed by atoms with van der Waals surface area (Å²) in [4.78, 5) is 28.3. The second kappa shape index (κ2) is 9.38. The normalized spacial score (nSPS) is 10.6. The Bertz CT molecular complexity index is 1030. The standard InChI is InChI=1S/C20H13Br2N3O3/c21-16-10-15(12-24-25-19(26)13-6-8-23-9-7-13)18(17(22)11-16)28-20(27)14-4-2-1-3-5-14/h1-12H,(H,25,26). The molecule has 0 radical (unpaired) electrons. The minimum absolute atomic E-state index is 0.291. The number of aromatic nitrogens is 1. The fraction of sp³-hybridized carbons (Fsp3) is 0. The second-order valence-electron chi connectivity index (χ2n) is 5.50. The van der Waals surface area contributed by atoms with Crippen molar-refractivity contribution in [2.24, 2.45) is 5.10 Å². The largest absolute Gasteiger partial charge is 0.421 e. The number of pyridine rings is 1. The highest BCUT2D eigenvalue weighted by molar-refractivity contribution is 9.11. The number of carbonyl (C=O) groups is 2. The Morgan fingerprint density at radius 2 is 1.71 bits per heavy atom. The summed E-state index contributed by atoms with van der Waals surface area (Å²) in [7, 11) is 0. The molecule has 0 aliphatic carbocycles. The molecular formula is C20H13Br2N3O3. The topological polar surface area (TPSA) is 80.6 Å². The molecule has 0 fully saturated rings. The number of hydrogen-bond donors (Lipinski definition) is 1. The van der Waals surface area contributed by atoms with Crippen LogP contribution < -0.4 is 10.2 Å². The molecule has 8 heteroatoms. The zero-order valence-electron chi connectivity index (χ0n) is 14.3. The van der Waals surface area contributed by atoms with E-state index in [9.17, 15) is 9.59 Å². The van der Waals surface area contributed by atoms with Crippen LogP contribution in [0.15, 0.2) is 81.0 Å². The summed E-state index contributed by atoms with van der Waals surface area (Å²) in [6, 6.07) is 15.3. The summed E-state index contributed by atoms with van der Waals surface area (Å²) >= 11 is 6.78. The Morgan fingerprint density at radius 3 is 2.43 bits per heavy atom. The highest BCUT2D eigenvalue weighted by atomic mass is 79.9. The van der Waals surface area contributed by atoms with Gasteiger partial charge in [-0.3, -0.25) is 9.78 Å². The van der Waals surface area contributed by atoms with Gasteiger partial charge in [0.1, 0.15) is 0 Å². The molecule has 0 saturated heterocycles. The Morgan fingerprint density at radius 1 is 1.00 bits per heavy atom. The van der Waals surface area contributed by atoms with Crippen LogP contribution in [-0.2, 0) is 0 Å². The van der Waals surface area contributed by atoms with Crippen LogP contribution in [0, 0.1) is 0 Å². The molecular weight excluding hydrogens is 490 g/mol. The average molecular weight is 503 g/mol. The number of hydrogen-bond acceptors (Lipinski definition) is 5. The van der Waals surface area contributed by atoms with Gasteiger partial charge in [-0.1, -0.05) is 34.1 Å². The number of rotatable bonds is 5. The van der Waals surface area contributed by atoms with E-state index in [1.54, 1.807) is 48.5 Å². The fourth-order valence-electron chi connectivity index (χ4n) is 2.24. The minimum atomic E-state index is -0.501. The molecule has 2 aromatic carbocycles. The molecule has 0 saturated carbocycles. The lowest BCUT2D eigenvalue weighted by Gasteiger charge is -2.10. The lowest BCUT2D eigenvalue weighted by molar-refractivity contribution is 0.0733. The van der Waals surface area contributed by atoms with Gasteiger partial charge in [0.25, 0.3) is 5.91 Å². The Balaban J connectivity index is 1.80. The van der Waals surface area contributed by atoms with Gasteiger partial charge in [0.05, 0.1) is 16.3 Å². The molecule has 0 bridgehead atoms. The molecule has 3 aromatic rings. The monoisotopic (exact) mass is 501 g/mol. The summed E-state index contributed by atoms with van der Waals surface area (Å²) in [6.45, 7) is 0. The van der Waals surface area contributed by atoms with E-state index in [-0.39, 0.29) is 5.91 Å². The number of ether oxygens (including phenoxy) is 1. The number of carbonyl (C=O) groups excluding carboxylic acids is 2. The van der Waals surface area contributed by atoms with E-state index in [2.05, 4.69) is 47.4 Å². The molecule has 28 heavy (non-hydrogen) atoms. The molecule has 0 aliphatic rings. The van der Waals surface area contributed by atoms with Crippen LogP contribution in [-0.4, -0.2) is 23.1 Å². The zero-order chi connectivity index (χ0) is 19.9. The van der Waals surface area contributed by atoms with E-state index >= 15 is 0 Å². The van der Waals surface area contributed by atoms with Gasteiger partial charge in [0.2, 0.25) is 0 Å². The molecule has 3 rings (SSSR count). The first-order chi connectivity index (χ1) is 13.5. The van der Waals surface area contributed by atoms with Crippen molar-refractivity contribution >= 4 is 50.0 Å². The fourth-order valence-corrected chi connectivity index (χ4v) is 3.58. The number of hydrazone groups is 1. The number of amides is 1. The van der Waals surface area contributed by atoms with E-state index in [0.29, 0.717) is 26.9 Å². The van der Waals surface area contributed by atoms with Crippen LogP contribution in [0.4, 0.5) is 0 Å². The van der Waals surface area contributed by atoms with Crippen LogP contribution in [0.25, 0.3) is 0 Å². The number of esters is 1. The Hall–Kier alpha value is -2.84. The lowest BCUT2D eigenvalue weighted by atomic mass is 10.2. The summed E-state index contributed by atoms with van der Waals surface area (Å²) in [5.41, 5.74) is 3.78. The third-order valence-electron chi connectivity index (χ3n) is 3.55. The third kappa shape index (κ3) is 5.11. The second-order valence-corrected chi connectivity index (χ2v) is 7.27.